The molecule has 0 atom stereocenters. The van der Waals surface area contributed by atoms with Crippen LogP contribution < -0.4 is 5.32 Å². The number of anilines is 2. The number of nitrogens with zero attached hydrogens (tertiary/aromatic N) is 3. The van der Waals surface area contributed by atoms with Crippen molar-refractivity contribution in [2.75, 3.05) is 5.32 Å². The molecule has 0 radical (unpaired) electrons. The molecule has 5 nitrogen and oxygen atoms in total. The predicted octanol–water partition coefficient (Wildman–Crippen LogP) is 3.83. The lowest BCUT2D eigenvalue weighted by molar-refractivity contribution is 1.26. The van der Waals surface area contributed by atoms with Gasteiger partial charge in [-0.1, -0.05) is 6.07 Å². The van der Waals surface area contributed by atoms with E-state index in [1.165, 1.54) is 11.3 Å². The lowest BCUT2D eigenvalue weighted by Crippen LogP contribution is -1.92. The molecule has 2 N–H and O–H groups in total. The standard InChI is InChI=1S/C15H11N5S/c1-2-5-16-11(3-1)13-9-21-15(19-13)20-14-7-12-10(8-18-14)4-6-17-12/h1-9,17H,(H,18,19,20). The van der Waals surface area contributed by atoms with Gasteiger partial charge in [0.2, 0.25) is 0 Å². The fourth-order valence-corrected chi connectivity index (χ4v) is 2.80. The highest BCUT2D eigenvalue weighted by Gasteiger charge is 2.06. The minimum atomic E-state index is 0.770. The molecule has 0 saturated carbocycles. The van der Waals surface area contributed by atoms with Crippen LogP contribution in [0.15, 0.2) is 54.3 Å². The van der Waals surface area contributed by atoms with Crippen LogP contribution in [0.3, 0.4) is 0 Å². The second kappa shape index (κ2) is 4.99. The minimum Gasteiger partial charge on any atom is -0.361 e. The van der Waals surface area contributed by atoms with Crippen molar-refractivity contribution in [2.45, 2.75) is 0 Å². The Morgan fingerprint density at radius 3 is 3.00 bits per heavy atom. The zero-order valence-corrected chi connectivity index (χ0v) is 11.8. The van der Waals surface area contributed by atoms with Crippen LogP contribution in [0.5, 0.6) is 0 Å². The molecule has 0 amide bonds. The fourth-order valence-electron chi connectivity index (χ4n) is 2.09. The first-order valence-corrected chi connectivity index (χ1v) is 7.33. The first kappa shape index (κ1) is 12.0. The molecule has 0 bridgehead atoms. The number of rotatable bonds is 3. The van der Waals surface area contributed by atoms with Gasteiger partial charge in [-0.05, 0) is 18.2 Å². The van der Waals surface area contributed by atoms with Gasteiger partial charge in [0.15, 0.2) is 5.13 Å². The Morgan fingerprint density at radius 1 is 1.10 bits per heavy atom. The van der Waals surface area contributed by atoms with Crippen LogP contribution in [0.4, 0.5) is 10.9 Å². The Labute approximate surface area is 124 Å². The lowest BCUT2D eigenvalue weighted by atomic mass is 10.3. The normalized spacial score (nSPS) is 10.9. The molecule has 0 aromatic carbocycles. The number of pyridine rings is 2. The van der Waals surface area contributed by atoms with Gasteiger partial charge >= 0.3 is 0 Å². The van der Waals surface area contributed by atoms with Crippen LogP contribution >= 0.6 is 11.3 Å². The molecule has 4 aromatic heterocycles. The van der Waals surface area contributed by atoms with E-state index in [2.05, 4.69) is 25.3 Å². The van der Waals surface area contributed by atoms with E-state index in [1.807, 2.05) is 48.1 Å². The van der Waals surface area contributed by atoms with Gasteiger partial charge < -0.3 is 10.3 Å². The van der Waals surface area contributed by atoms with Gasteiger partial charge in [-0.25, -0.2) is 9.97 Å². The fraction of sp³-hybridized carbons (Fsp3) is 0. The number of thiazole rings is 1. The summed E-state index contributed by atoms with van der Waals surface area (Å²) in [7, 11) is 0. The summed E-state index contributed by atoms with van der Waals surface area (Å²) in [6, 6.07) is 9.76. The summed E-state index contributed by atoms with van der Waals surface area (Å²) in [5.41, 5.74) is 2.78. The number of hydrogen-bond donors (Lipinski definition) is 2. The number of hydrogen-bond acceptors (Lipinski definition) is 5. The third-order valence-corrected chi connectivity index (χ3v) is 3.86. The van der Waals surface area contributed by atoms with Crippen molar-refractivity contribution in [3.05, 3.63) is 54.3 Å². The third kappa shape index (κ3) is 2.36. The molecule has 0 saturated heterocycles. The summed E-state index contributed by atoms with van der Waals surface area (Å²) in [5, 5.41) is 7.10. The number of fused-ring (bicyclic) bond motifs is 1. The first-order valence-electron chi connectivity index (χ1n) is 6.45. The van der Waals surface area contributed by atoms with Crippen molar-refractivity contribution in [1.82, 2.24) is 19.9 Å². The van der Waals surface area contributed by atoms with Crippen molar-refractivity contribution in [3.63, 3.8) is 0 Å². The molecule has 0 aliphatic carbocycles. The maximum atomic E-state index is 4.54. The summed E-state index contributed by atoms with van der Waals surface area (Å²) in [4.78, 5) is 16.4. The Kier molecular flexibility index (Phi) is 2.86. The quantitative estimate of drug-likeness (QED) is 0.602. The minimum absolute atomic E-state index is 0.770. The Balaban J connectivity index is 1.61. The Bertz CT molecular complexity index is 881. The molecule has 0 aliphatic heterocycles. The van der Waals surface area contributed by atoms with Gasteiger partial charge in [0.05, 0.1) is 11.2 Å². The highest BCUT2D eigenvalue weighted by molar-refractivity contribution is 7.14. The predicted molar refractivity (Wildman–Crippen MR) is 84.7 cm³/mol. The molecule has 0 spiro atoms. The second-order valence-electron chi connectivity index (χ2n) is 4.51. The number of H-pyrrole nitrogens is 1. The maximum absolute atomic E-state index is 4.54. The van der Waals surface area contributed by atoms with Crippen molar-refractivity contribution < 1.29 is 0 Å². The molecule has 0 aliphatic rings. The van der Waals surface area contributed by atoms with Crippen molar-refractivity contribution in [2.24, 2.45) is 0 Å². The molecular weight excluding hydrogens is 282 g/mol. The van der Waals surface area contributed by atoms with E-state index in [1.54, 1.807) is 6.20 Å². The van der Waals surface area contributed by atoms with Gasteiger partial charge in [-0.3, -0.25) is 4.98 Å². The molecular formula is C15H11N5S. The topological polar surface area (TPSA) is 66.5 Å². The summed E-state index contributed by atoms with van der Waals surface area (Å²) in [6.07, 6.45) is 5.50. The van der Waals surface area contributed by atoms with Crippen LogP contribution in [-0.4, -0.2) is 19.9 Å². The molecule has 6 heteroatoms. The molecule has 21 heavy (non-hydrogen) atoms. The van der Waals surface area contributed by atoms with Gasteiger partial charge in [-0.2, -0.15) is 0 Å². The van der Waals surface area contributed by atoms with E-state index >= 15 is 0 Å². The molecule has 4 heterocycles. The molecule has 4 aromatic rings. The van der Waals surface area contributed by atoms with E-state index in [0.717, 1.165) is 33.2 Å². The summed E-state index contributed by atoms with van der Waals surface area (Å²) >= 11 is 1.53. The van der Waals surface area contributed by atoms with Gasteiger partial charge in [0, 0.05) is 35.4 Å². The van der Waals surface area contributed by atoms with E-state index in [4.69, 9.17) is 0 Å². The van der Waals surface area contributed by atoms with Crippen LogP contribution in [0.25, 0.3) is 22.3 Å². The van der Waals surface area contributed by atoms with Crippen LogP contribution in [0, 0.1) is 0 Å². The molecule has 0 fully saturated rings. The van der Waals surface area contributed by atoms with E-state index in [0.29, 0.717) is 0 Å². The van der Waals surface area contributed by atoms with Crippen LogP contribution in [0.2, 0.25) is 0 Å². The molecule has 4 rings (SSSR count). The lowest BCUT2D eigenvalue weighted by Gasteiger charge is -2.01. The van der Waals surface area contributed by atoms with Crippen molar-refractivity contribution in [3.8, 4) is 11.4 Å². The maximum Gasteiger partial charge on any atom is 0.188 e. The van der Waals surface area contributed by atoms with E-state index < -0.39 is 0 Å². The van der Waals surface area contributed by atoms with Crippen LogP contribution in [-0.2, 0) is 0 Å². The van der Waals surface area contributed by atoms with Gasteiger partial charge in [-0.15, -0.1) is 11.3 Å². The first-order chi connectivity index (χ1) is 10.4. The van der Waals surface area contributed by atoms with E-state index in [9.17, 15) is 0 Å². The summed E-state index contributed by atoms with van der Waals surface area (Å²) in [6.45, 7) is 0. The smallest absolute Gasteiger partial charge is 0.188 e. The average molecular weight is 293 g/mol. The number of nitrogens with one attached hydrogen (secondary N) is 2. The molecule has 102 valence electrons. The molecule has 0 unspecified atom stereocenters. The second-order valence-corrected chi connectivity index (χ2v) is 5.37. The third-order valence-electron chi connectivity index (χ3n) is 3.10. The summed E-state index contributed by atoms with van der Waals surface area (Å²) < 4.78 is 0. The number of aromatic amines is 1. The average Bonchev–Trinajstić information content (AvgIpc) is 3.17. The van der Waals surface area contributed by atoms with Crippen molar-refractivity contribution >= 4 is 33.2 Å². The highest BCUT2D eigenvalue weighted by Crippen LogP contribution is 2.26. The van der Waals surface area contributed by atoms with Gasteiger partial charge in [0.25, 0.3) is 0 Å². The number of aromatic nitrogens is 4. The largest absolute Gasteiger partial charge is 0.361 e. The van der Waals surface area contributed by atoms with Crippen LogP contribution in [0.1, 0.15) is 0 Å². The van der Waals surface area contributed by atoms with Crippen molar-refractivity contribution in [1.29, 1.82) is 0 Å². The van der Waals surface area contributed by atoms with E-state index in [-0.39, 0.29) is 0 Å². The Hall–Kier alpha value is -2.73. The highest BCUT2D eigenvalue weighted by atomic mass is 32.1. The SMILES string of the molecule is c1ccc(-c2csc(Nc3cc4[nH]ccc4cn3)n2)nc1. The zero-order chi connectivity index (χ0) is 14.1. The zero-order valence-electron chi connectivity index (χ0n) is 10.9. The van der Waals surface area contributed by atoms with Gasteiger partial charge in [0.1, 0.15) is 11.5 Å². The monoisotopic (exact) mass is 293 g/mol. The summed E-state index contributed by atoms with van der Waals surface area (Å²) in [5.74, 6) is 0.770. The Morgan fingerprint density at radius 2 is 2.10 bits per heavy atom.